The van der Waals surface area contributed by atoms with Gasteiger partial charge in [0.2, 0.25) is 5.91 Å². The highest BCUT2D eigenvalue weighted by Crippen LogP contribution is 2.30. The molecule has 1 heterocycles. The smallest absolute Gasteiger partial charge is 0.324 e. The molecule has 40 heavy (non-hydrogen) atoms. The van der Waals surface area contributed by atoms with E-state index in [4.69, 9.17) is 0 Å². The molecule has 0 radical (unpaired) electrons. The molecule has 0 fully saturated rings. The Morgan fingerprint density at radius 1 is 0.925 bits per heavy atom. The number of nitrogens with one attached hydrogen (secondary N) is 1. The summed E-state index contributed by atoms with van der Waals surface area (Å²) in [5.41, 5.74) is 0.249. The van der Waals surface area contributed by atoms with Crippen LogP contribution < -0.4 is 20.1 Å². The summed E-state index contributed by atoms with van der Waals surface area (Å²) in [4.78, 5) is 39.4. The summed E-state index contributed by atoms with van der Waals surface area (Å²) in [6, 6.07) is 21.3. The Morgan fingerprint density at radius 2 is 1.60 bits per heavy atom. The van der Waals surface area contributed by atoms with Crippen LogP contribution in [-0.2, 0) is 22.3 Å². The van der Waals surface area contributed by atoms with Crippen LogP contribution in [0.5, 0.6) is 0 Å². The van der Waals surface area contributed by atoms with E-state index in [0.717, 1.165) is 34.6 Å². The second kappa shape index (κ2) is 11.5. The highest BCUT2D eigenvalue weighted by molar-refractivity contribution is 7.07. The van der Waals surface area contributed by atoms with Crippen LogP contribution in [0, 0.1) is 5.41 Å². The average Bonchev–Trinajstić information content (AvgIpc) is 3.17. The molecule has 0 atom stereocenters. The third kappa shape index (κ3) is 6.84. The Morgan fingerprint density at radius 3 is 2.27 bits per heavy atom. The third-order valence-electron chi connectivity index (χ3n) is 6.03. The second-order valence-corrected chi connectivity index (χ2v) is 11.2. The fourth-order valence-electron chi connectivity index (χ4n) is 3.87. The summed E-state index contributed by atoms with van der Waals surface area (Å²) >= 11 is 0.944. The van der Waals surface area contributed by atoms with E-state index in [2.05, 4.69) is 5.32 Å². The number of carbonyl (C=O) groups is 2. The summed E-state index contributed by atoms with van der Waals surface area (Å²) in [7, 11) is 0. The van der Waals surface area contributed by atoms with E-state index < -0.39 is 35.2 Å². The second-order valence-electron chi connectivity index (χ2n) is 10.2. The van der Waals surface area contributed by atoms with Crippen molar-refractivity contribution in [1.82, 2.24) is 4.57 Å². The van der Waals surface area contributed by atoms with E-state index in [1.165, 1.54) is 28.9 Å². The molecule has 0 saturated carbocycles. The first-order valence-corrected chi connectivity index (χ1v) is 13.2. The van der Waals surface area contributed by atoms with Crippen LogP contribution in [0.2, 0.25) is 0 Å². The van der Waals surface area contributed by atoms with Crippen molar-refractivity contribution in [2.24, 2.45) is 5.41 Å². The number of carbonyl (C=O) groups excluding carboxylic acids is 2. The predicted octanol–water partition coefficient (Wildman–Crippen LogP) is 5.46. The van der Waals surface area contributed by atoms with Crippen LogP contribution in [0.1, 0.15) is 31.9 Å². The molecule has 1 amide bonds. The molecule has 206 valence electrons. The molecule has 0 aliphatic carbocycles. The van der Waals surface area contributed by atoms with Gasteiger partial charge in [-0.05, 0) is 35.4 Å². The molecule has 0 aliphatic heterocycles. The molecule has 0 bridgehead atoms. The van der Waals surface area contributed by atoms with Crippen molar-refractivity contribution in [2.75, 3.05) is 5.32 Å². The van der Waals surface area contributed by atoms with Gasteiger partial charge in [-0.15, -0.1) is 11.3 Å². The third-order valence-corrected chi connectivity index (χ3v) is 7.09. The number of alkyl halides is 3. The summed E-state index contributed by atoms with van der Waals surface area (Å²) in [5.74, 6) is -0.755. The molecule has 1 N–H and O–H groups in total. The number of nitrogens with zero attached hydrogens (tertiary/aromatic N) is 1. The van der Waals surface area contributed by atoms with Crippen LogP contribution in [0.25, 0.3) is 23.3 Å². The van der Waals surface area contributed by atoms with Gasteiger partial charge in [0.25, 0.3) is 5.56 Å². The minimum atomic E-state index is -4.54. The van der Waals surface area contributed by atoms with Crippen LogP contribution in [-0.4, -0.2) is 16.3 Å². The minimum Gasteiger partial charge on any atom is -0.324 e. The van der Waals surface area contributed by atoms with Gasteiger partial charge >= 0.3 is 6.18 Å². The number of rotatable bonds is 6. The van der Waals surface area contributed by atoms with E-state index in [1.807, 2.05) is 42.5 Å². The van der Waals surface area contributed by atoms with Crippen molar-refractivity contribution in [2.45, 2.75) is 33.5 Å². The highest BCUT2D eigenvalue weighted by atomic mass is 32.1. The number of anilines is 1. The van der Waals surface area contributed by atoms with E-state index >= 15 is 0 Å². The van der Waals surface area contributed by atoms with Gasteiger partial charge in [-0.2, -0.15) is 13.2 Å². The molecule has 3 aromatic carbocycles. The van der Waals surface area contributed by atoms with Crippen LogP contribution in [0.4, 0.5) is 18.9 Å². The maximum atomic E-state index is 13.4. The van der Waals surface area contributed by atoms with Gasteiger partial charge in [0.05, 0.1) is 10.1 Å². The van der Waals surface area contributed by atoms with Gasteiger partial charge in [0.15, 0.2) is 5.78 Å². The molecule has 0 aliphatic rings. The number of para-hydroxylation sites is 1. The largest absolute Gasteiger partial charge is 0.416 e. The maximum absolute atomic E-state index is 13.4. The van der Waals surface area contributed by atoms with Crippen LogP contribution in [0.15, 0.2) is 83.7 Å². The zero-order chi connectivity index (χ0) is 29.1. The number of benzene rings is 3. The summed E-state index contributed by atoms with van der Waals surface area (Å²) in [6.07, 6.45) is -1.90. The Bertz CT molecular complexity index is 1730. The SMILES string of the molecule is CC(C)(C)C(=O)C=c1sc(=Cc2cccc(C(F)(F)F)c2)c(=O)n1CC(=O)Nc1ccccc1-c1ccccc1. The quantitative estimate of drug-likeness (QED) is 0.338. The summed E-state index contributed by atoms with van der Waals surface area (Å²) in [5, 5.41) is 2.85. The molecule has 5 nitrogen and oxygen atoms in total. The van der Waals surface area contributed by atoms with Crippen molar-refractivity contribution in [3.05, 3.63) is 110 Å². The van der Waals surface area contributed by atoms with Crippen molar-refractivity contribution >= 4 is 40.9 Å². The van der Waals surface area contributed by atoms with E-state index in [9.17, 15) is 27.6 Å². The van der Waals surface area contributed by atoms with E-state index in [-0.39, 0.29) is 20.5 Å². The van der Waals surface area contributed by atoms with Crippen LogP contribution >= 0.6 is 11.3 Å². The lowest BCUT2D eigenvalue weighted by Crippen LogP contribution is -2.36. The zero-order valence-corrected chi connectivity index (χ0v) is 22.9. The summed E-state index contributed by atoms with van der Waals surface area (Å²) in [6.45, 7) is 4.79. The Balaban J connectivity index is 1.75. The number of hydrogen-bond acceptors (Lipinski definition) is 4. The number of ketones is 1. The topological polar surface area (TPSA) is 68.2 Å². The average molecular weight is 565 g/mol. The molecule has 1 aromatic heterocycles. The first-order chi connectivity index (χ1) is 18.8. The van der Waals surface area contributed by atoms with Gasteiger partial charge < -0.3 is 5.32 Å². The minimum absolute atomic E-state index is 0.102. The fraction of sp³-hybridized carbons (Fsp3) is 0.194. The number of Topliss-reactive ketones (excluding diaryl/α,β-unsaturated/α-hetero) is 1. The zero-order valence-electron chi connectivity index (χ0n) is 22.1. The normalized spacial score (nSPS) is 12.9. The van der Waals surface area contributed by atoms with Crippen molar-refractivity contribution in [3.8, 4) is 11.1 Å². The lowest BCUT2D eigenvalue weighted by Gasteiger charge is -2.13. The Kier molecular flexibility index (Phi) is 8.25. The van der Waals surface area contributed by atoms with Gasteiger partial charge in [0.1, 0.15) is 11.2 Å². The van der Waals surface area contributed by atoms with Crippen LogP contribution in [0.3, 0.4) is 0 Å². The Labute approximate surface area is 232 Å². The molecule has 4 rings (SSSR count). The van der Waals surface area contributed by atoms with Gasteiger partial charge in [-0.3, -0.25) is 19.0 Å². The molecule has 0 unspecified atom stereocenters. The fourth-order valence-corrected chi connectivity index (χ4v) is 4.91. The molecular formula is C31H27F3N2O3S. The number of aromatic nitrogens is 1. The number of thiazole rings is 1. The van der Waals surface area contributed by atoms with Crippen molar-refractivity contribution in [1.29, 1.82) is 0 Å². The van der Waals surface area contributed by atoms with E-state index in [0.29, 0.717) is 5.69 Å². The molecule has 0 saturated heterocycles. The summed E-state index contributed by atoms with van der Waals surface area (Å²) < 4.78 is 41.1. The molecule has 4 aromatic rings. The lowest BCUT2D eigenvalue weighted by atomic mass is 9.91. The predicted molar refractivity (Wildman–Crippen MR) is 152 cm³/mol. The Hall–Kier alpha value is -4.24. The van der Waals surface area contributed by atoms with Crippen molar-refractivity contribution < 1.29 is 22.8 Å². The maximum Gasteiger partial charge on any atom is 0.416 e. The van der Waals surface area contributed by atoms with Crippen molar-refractivity contribution in [3.63, 3.8) is 0 Å². The standard InChI is InChI=1S/C31H27F3N2O3S/c1-30(2,3)26(37)18-28-36(29(39)25(40-28)17-20-10-9-13-22(16-20)31(32,33)34)19-27(38)35-24-15-8-7-14-23(24)21-11-5-4-6-12-21/h4-18H,19H2,1-3H3,(H,35,38). The molecule has 9 heteroatoms. The highest BCUT2D eigenvalue weighted by Gasteiger charge is 2.30. The number of hydrogen-bond donors (Lipinski definition) is 1. The first kappa shape index (κ1) is 28.8. The monoisotopic (exact) mass is 564 g/mol. The van der Waals surface area contributed by atoms with Gasteiger partial charge in [0, 0.05) is 22.7 Å². The first-order valence-electron chi connectivity index (χ1n) is 12.4. The van der Waals surface area contributed by atoms with Gasteiger partial charge in [-0.25, -0.2) is 0 Å². The lowest BCUT2D eigenvalue weighted by molar-refractivity contribution is -0.137. The number of amides is 1. The van der Waals surface area contributed by atoms with E-state index in [1.54, 1.807) is 32.9 Å². The molecule has 0 spiro atoms. The molecular weight excluding hydrogens is 537 g/mol. The van der Waals surface area contributed by atoms with Gasteiger partial charge in [-0.1, -0.05) is 81.4 Å². The number of halogens is 3.